The normalized spacial score (nSPS) is 13.7. The maximum absolute atomic E-state index is 12.3. The Balaban J connectivity index is 2.38. The Morgan fingerprint density at radius 3 is 2.74 bits per heavy atom. The summed E-state index contributed by atoms with van der Waals surface area (Å²) in [6, 6.07) is 3.10. The first-order valence-electron chi connectivity index (χ1n) is 5.43. The summed E-state index contributed by atoms with van der Waals surface area (Å²) >= 11 is 0. The van der Waals surface area contributed by atoms with Gasteiger partial charge in [-0.3, -0.25) is 0 Å². The molecule has 0 saturated heterocycles. The minimum Gasteiger partial charge on any atom is -0.478 e. The van der Waals surface area contributed by atoms with E-state index < -0.39 is 24.6 Å². The molecule has 0 aliphatic carbocycles. The van der Waals surface area contributed by atoms with Gasteiger partial charge in [-0.05, 0) is 25.1 Å². The number of alkyl halides is 3. The standard InChI is InChI=1S/C11H10F3N3O2/c1-6(5-11(12,13)14)17-9-3-2-7(10(18)19)4-8(9)15-16-17/h2-4,6H,5H2,1H3,(H,18,19). The summed E-state index contributed by atoms with van der Waals surface area (Å²) in [6.45, 7) is 1.38. The van der Waals surface area contributed by atoms with Crippen LogP contribution in [0.5, 0.6) is 0 Å². The van der Waals surface area contributed by atoms with Gasteiger partial charge in [0.25, 0.3) is 0 Å². The van der Waals surface area contributed by atoms with E-state index in [1.165, 1.54) is 25.1 Å². The van der Waals surface area contributed by atoms with Crippen LogP contribution in [0, 0.1) is 0 Å². The number of carbonyl (C=O) groups is 1. The van der Waals surface area contributed by atoms with Gasteiger partial charge in [-0.25, -0.2) is 9.48 Å². The molecule has 0 aliphatic rings. The summed E-state index contributed by atoms with van der Waals surface area (Å²) in [5.41, 5.74) is 0.652. The van der Waals surface area contributed by atoms with E-state index in [4.69, 9.17) is 5.11 Å². The number of carboxylic acids is 1. The van der Waals surface area contributed by atoms with Crippen LogP contribution in [0.2, 0.25) is 0 Å². The van der Waals surface area contributed by atoms with Gasteiger partial charge >= 0.3 is 12.1 Å². The molecule has 0 radical (unpaired) electrons. The molecule has 1 heterocycles. The van der Waals surface area contributed by atoms with Gasteiger partial charge in [0.05, 0.1) is 23.5 Å². The molecule has 0 fully saturated rings. The average molecular weight is 273 g/mol. The van der Waals surface area contributed by atoms with Crippen molar-refractivity contribution < 1.29 is 23.1 Å². The van der Waals surface area contributed by atoms with Gasteiger partial charge in [0, 0.05) is 0 Å². The van der Waals surface area contributed by atoms with Gasteiger partial charge in [0.15, 0.2) is 0 Å². The van der Waals surface area contributed by atoms with Gasteiger partial charge in [0.2, 0.25) is 0 Å². The monoisotopic (exact) mass is 273 g/mol. The molecule has 1 unspecified atom stereocenters. The first-order chi connectivity index (χ1) is 8.78. The number of aromatic nitrogens is 3. The first-order valence-corrected chi connectivity index (χ1v) is 5.43. The summed E-state index contributed by atoms with van der Waals surface area (Å²) < 4.78 is 38.1. The molecule has 2 rings (SSSR count). The zero-order chi connectivity index (χ0) is 14.2. The topological polar surface area (TPSA) is 68.0 Å². The highest BCUT2D eigenvalue weighted by molar-refractivity contribution is 5.92. The van der Waals surface area contributed by atoms with Gasteiger partial charge < -0.3 is 5.11 Å². The Labute approximate surface area is 105 Å². The second-order valence-corrected chi connectivity index (χ2v) is 4.21. The molecular weight excluding hydrogens is 263 g/mol. The van der Waals surface area contributed by atoms with Crippen LogP contribution in [0.25, 0.3) is 11.0 Å². The lowest BCUT2D eigenvalue weighted by molar-refractivity contribution is -0.142. The second-order valence-electron chi connectivity index (χ2n) is 4.21. The van der Waals surface area contributed by atoms with Crippen molar-refractivity contribution in [3.8, 4) is 0 Å². The van der Waals surface area contributed by atoms with E-state index in [0.717, 1.165) is 4.68 Å². The van der Waals surface area contributed by atoms with Crippen LogP contribution in [0.3, 0.4) is 0 Å². The van der Waals surface area contributed by atoms with Crippen LogP contribution in [-0.2, 0) is 0 Å². The Hall–Kier alpha value is -2.12. The van der Waals surface area contributed by atoms with E-state index >= 15 is 0 Å². The quantitative estimate of drug-likeness (QED) is 0.933. The molecule has 0 aliphatic heterocycles. The van der Waals surface area contributed by atoms with E-state index in [-0.39, 0.29) is 11.1 Å². The van der Waals surface area contributed by atoms with Gasteiger partial charge in [-0.1, -0.05) is 5.21 Å². The fourth-order valence-electron chi connectivity index (χ4n) is 1.82. The number of fused-ring (bicyclic) bond motifs is 1. The fraction of sp³-hybridized carbons (Fsp3) is 0.364. The lowest BCUT2D eigenvalue weighted by Gasteiger charge is -2.14. The van der Waals surface area contributed by atoms with Crippen LogP contribution in [0.1, 0.15) is 29.7 Å². The van der Waals surface area contributed by atoms with E-state index in [1.807, 2.05) is 0 Å². The summed E-state index contributed by atoms with van der Waals surface area (Å²) in [6.07, 6.45) is -5.31. The molecule has 1 aromatic carbocycles. The number of halogens is 3. The first kappa shape index (κ1) is 13.3. The molecule has 0 spiro atoms. The lowest BCUT2D eigenvalue weighted by Crippen LogP contribution is -2.17. The summed E-state index contributed by atoms with van der Waals surface area (Å²) in [5, 5.41) is 16.2. The van der Waals surface area contributed by atoms with Crippen molar-refractivity contribution in [3.63, 3.8) is 0 Å². The third-order valence-electron chi connectivity index (χ3n) is 2.66. The minimum atomic E-state index is -4.29. The number of benzene rings is 1. The van der Waals surface area contributed by atoms with Gasteiger partial charge in [-0.2, -0.15) is 13.2 Å². The number of nitrogens with zero attached hydrogens (tertiary/aromatic N) is 3. The van der Waals surface area contributed by atoms with Crippen LogP contribution in [0.4, 0.5) is 13.2 Å². The second kappa shape index (κ2) is 4.52. The minimum absolute atomic E-state index is 0.0167. The molecule has 0 bridgehead atoms. The van der Waals surface area contributed by atoms with E-state index in [9.17, 15) is 18.0 Å². The Morgan fingerprint density at radius 2 is 2.16 bits per heavy atom. The highest BCUT2D eigenvalue weighted by Gasteiger charge is 2.31. The Bertz CT molecular complexity index is 621. The van der Waals surface area contributed by atoms with Crippen molar-refractivity contribution in [1.29, 1.82) is 0 Å². The van der Waals surface area contributed by atoms with Crippen LogP contribution < -0.4 is 0 Å². The van der Waals surface area contributed by atoms with E-state index in [0.29, 0.717) is 5.52 Å². The summed E-state index contributed by atoms with van der Waals surface area (Å²) in [4.78, 5) is 10.8. The molecule has 5 nitrogen and oxygen atoms in total. The van der Waals surface area contributed by atoms with Gasteiger partial charge in [-0.15, -0.1) is 5.10 Å². The SMILES string of the molecule is CC(CC(F)(F)F)n1nnc2cc(C(=O)O)ccc21. The van der Waals surface area contributed by atoms with Gasteiger partial charge in [0.1, 0.15) is 5.52 Å². The third kappa shape index (κ3) is 2.83. The average Bonchev–Trinajstić information content (AvgIpc) is 2.68. The van der Waals surface area contributed by atoms with E-state index in [1.54, 1.807) is 0 Å². The third-order valence-corrected chi connectivity index (χ3v) is 2.66. The van der Waals surface area contributed by atoms with Crippen molar-refractivity contribution >= 4 is 17.0 Å². The zero-order valence-electron chi connectivity index (χ0n) is 9.85. The summed E-state index contributed by atoms with van der Waals surface area (Å²) in [5.74, 6) is -1.13. The Morgan fingerprint density at radius 1 is 1.47 bits per heavy atom. The van der Waals surface area contributed by atoms with Crippen LogP contribution >= 0.6 is 0 Å². The number of rotatable bonds is 3. The smallest absolute Gasteiger partial charge is 0.391 e. The predicted molar refractivity (Wildman–Crippen MR) is 59.9 cm³/mol. The highest BCUT2D eigenvalue weighted by atomic mass is 19.4. The van der Waals surface area contributed by atoms with Crippen molar-refractivity contribution in [1.82, 2.24) is 15.0 Å². The zero-order valence-corrected chi connectivity index (χ0v) is 9.85. The van der Waals surface area contributed by atoms with Crippen molar-refractivity contribution in [2.24, 2.45) is 0 Å². The number of hydrogen-bond acceptors (Lipinski definition) is 3. The largest absolute Gasteiger partial charge is 0.478 e. The van der Waals surface area contributed by atoms with Crippen molar-refractivity contribution in [2.45, 2.75) is 25.6 Å². The maximum Gasteiger partial charge on any atom is 0.391 e. The van der Waals surface area contributed by atoms with Crippen molar-refractivity contribution in [3.05, 3.63) is 23.8 Å². The molecular formula is C11H10F3N3O2. The molecule has 1 aromatic heterocycles. The Kier molecular flexibility index (Phi) is 3.17. The lowest BCUT2D eigenvalue weighted by atomic mass is 10.2. The molecule has 8 heteroatoms. The number of hydrogen-bond donors (Lipinski definition) is 1. The molecule has 0 saturated carbocycles. The van der Waals surface area contributed by atoms with Crippen LogP contribution in [-0.4, -0.2) is 32.2 Å². The molecule has 1 N–H and O–H groups in total. The molecule has 102 valence electrons. The van der Waals surface area contributed by atoms with Crippen molar-refractivity contribution in [2.75, 3.05) is 0 Å². The maximum atomic E-state index is 12.3. The predicted octanol–water partition coefficient (Wildman–Crippen LogP) is 2.64. The molecule has 1 atom stereocenters. The molecule has 2 aromatic rings. The summed E-state index contributed by atoms with van der Waals surface area (Å²) in [7, 11) is 0. The number of carboxylic acid groups (broad SMARTS) is 1. The highest BCUT2D eigenvalue weighted by Crippen LogP contribution is 2.28. The fourth-order valence-corrected chi connectivity index (χ4v) is 1.82. The molecule has 19 heavy (non-hydrogen) atoms. The number of aromatic carboxylic acids is 1. The van der Waals surface area contributed by atoms with Crippen LogP contribution in [0.15, 0.2) is 18.2 Å². The van der Waals surface area contributed by atoms with E-state index in [2.05, 4.69) is 10.3 Å². The molecule has 0 amide bonds.